The van der Waals surface area contributed by atoms with Crippen molar-refractivity contribution in [1.82, 2.24) is 4.98 Å². The van der Waals surface area contributed by atoms with E-state index in [0.717, 1.165) is 28.5 Å². The molecule has 0 amide bonds. The minimum Gasteiger partial charge on any atom is -0.304 e. The predicted octanol–water partition coefficient (Wildman–Crippen LogP) is 10.2. The molecule has 8 rings (SSSR count). The van der Waals surface area contributed by atoms with Crippen molar-refractivity contribution in [1.29, 1.82) is 5.26 Å². The second kappa shape index (κ2) is 13.3. The number of hydrogen-bond donors (Lipinski definition) is 0. The summed E-state index contributed by atoms with van der Waals surface area (Å²) >= 11 is 1.81. The van der Waals surface area contributed by atoms with Gasteiger partial charge in [0.15, 0.2) is 0 Å². The third-order valence-electron chi connectivity index (χ3n) is 7.60. The fraction of sp³-hybridized carbons (Fsp3) is 0.0513. The van der Waals surface area contributed by atoms with Crippen molar-refractivity contribution in [3.05, 3.63) is 151 Å². The molecule has 0 N–H and O–H groups in total. The van der Waals surface area contributed by atoms with Gasteiger partial charge in [-0.15, -0.1) is 29.3 Å². The minimum absolute atomic E-state index is 0. The average molecular weight is 760 g/mol. The zero-order valence-corrected chi connectivity index (χ0v) is 26.8. The van der Waals surface area contributed by atoms with Crippen LogP contribution in [0, 0.1) is 23.5 Å². The molecule has 213 valence electrons. The van der Waals surface area contributed by atoms with Gasteiger partial charge in [-0.05, 0) is 68.4 Å². The molecule has 0 saturated heterocycles. The number of aliphatic imine (C=N–C) groups is 1. The Morgan fingerprint density at radius 1 is 0.841 bits per heavy atom. The van der Waals surface area contributed by atoms with Crippen molar-refractivity contribution in [3.8, 4) is 28.5 Å². The van der Waals surface area contributed by atoms with Crippen LogP contribution in [0.1, 0.15) is 23.6 Å². The van der Waals surface area contributed by atoms with Crippen molar-refractivity contribution in [2.24, 2.45) is 4.99 Å². The van der Waals surface area contributed by atoms with Gasteiger partial charge >= 0.3 is 0 Å². The van der Waals surface area contributed by atoms with Crippen LogP contribution < -0.4 is 0 Å². The number of aromatic nitrogens is 1. The van der Waals surface area contributed by atoms with Gasteiger partial charge in [0.1, 0.15) is 0 Å². The molecule has 3 heterocycles. The first kappa shape index (κ1) is 29.4. The Bertz CT molecular complexity index is 2180. The van der Waals surface area contributed by atoms with E-state index < -0.39 is 0 Å². The van der Waals surface area contributed by atoms with Gasteiger partial charge in [-0.25, -0.2) is 0 Å². The maximum absolute atomic E-state index is 9.21. The molecule has 5 aromatic carbocycles. The van der Waals surface area contributed by atoms with Gasteiger partial charge in [0.2, 0.25) is 0 Å². The Hall–Kier alpha value is -4.72. The zero-order valence-electron chi connectivity index (χ0n) is 23.6. The van der Waals surface area contributed by atoms with Crippen LogP contribution in [0.4, 0.5) is 0 Å². The van der Waals surface area contributed by atoms with Gasteiger partial charge in [-0.1, -0.05) is 66.1 Å². The van der Waals surface area contributed by atoms with Crippen molar-refractivity contribution in [2.75, 3.05) is 0 Å². The molecule has 0 fully saturated rings. The molecule has 7 aromatic rings. The number of hydrogen-bond acceptors (Lipinski definition) is 4. The number of allylic oxidation sites excluding steroid dienone is 1. The molecular formula is C39H25IrN3S-2. The monoisotopic (exact) mass is 760 g/mol. The van der Waals surface area contributed by atoms with Crippen LogP contribution >= 0.6 is 11.3 Å². The summed E-state index contributed by atoms with van der Waals surface area (Å²) in [5.74, 6) is 0. The minimum atomic E-state index is 0. The van der Waals surface area contributed by atoms with Crippen LogP contribution in [0.25, 0.3) is 53.3 Å². The van der Waals surface area contributed by atoms with Crippen molar-refractivity contribution in [2.45, 2.75) is 12.5 Å². The molecule has 1 atom stereocenters. The summed E-state index contributed by atoms with van der Waals surface area (Å²) in [5, 5.41) is 13.7. The van der Waals surface area contributed by atoms with Gasteiger partial charge in [-0.2, -0.15) is 46.9 Å². The molecule has 0 aliphatic carbocycles. The number of dihydropyridines is 1. The fourth-order valence-electron chi connectivity index (χ4n) is 5.48. The zero-order chi connectivity index (χ0) is 29.0. The van der Waals surface area contributed by atoms with E-state index in [0.29, 0.717) is 5.56 Å². The smallest absolute Gasteiger partial charge is 0.0991 e. The molecule has 2 aromatic heterocycles. The summed E-state index contributed by atoms with van der Waals surface area (Å²) in [4.78, 5) is 9.01. The Balaban J connectivity index is 0.000000222. The Labute approximate surface area is 274 Å². The normalized spacial score (nSPS) is 13.7. The van der Waals surface area contributed by atoms with Gasteiger partial charge in [0.05, 0.1) is 17.7 Å². The van der Waals surface area contributed by atoms with E-state index in [1.165, 1.54) is 36.9 Å². The third-order valence-corrected chi connectivity index (χ3v) is 8.80. The van der Waals surface area contributed by atoms with Crippen LogP contribution in [0.15, 0.2) is 133 Å². The van der Waals surface area contributed by atoms with Crippen molar-refractivity contribution < 1.29 is 20.1 Å². The summed E-state index contributed by atoms with van der Waals surface area (Å²) in [5.41, 5.74) is 6.18. The number of pyridine rings is 1. The Morgan fingerprint density at radius 3 is 2.52 bits per heavy atom. The van der Waals surface area contributed by atoms with Gasteiger partial charge in [0.25, 0.3) is 0 Å². The van der Waals surface area contributed by atoms with E-state index in [-0.39, 0.29) is 26.1 Å². The largest absolute Gasteiger partial charge is 0.304 e. The molecule has 44 heavy (non-hydrogen) atoms. The fourth-order valence-corrected chi connectivity index (χ4v) is 6.74. The van der Waals surface area contributed by atoms with Crippen molar-refractivity contribution >= 4 is 48.5 Å². The van der Waals surface area contributed by atoms with E-state index >= 15 is 0 Å². The second-order valence-electron chi connectivity index (χ2n) is 10.3. The molecule has 0 bridgehead atoms. The molecule has 1 unspecified atom stereocenters. The van der Waals surface area contributed by atoms with Gasteiger partial charge in [0, 0.05) is 37.2 Å². The van der Waals surface area contributed by atoms with Gasteiger partial charge < -0.3 is 4.98 Å². The van der Waals surface area contributed by atoms with Crippen LogP contribution in [0.3, 0.4) is 0 Å². The Morgan fingerprint density at radius 2 is 1.73 bits per heavy atom. The topological polar surface area (TPSA) is 49.0 Å². The third kappa shape index (κ3) is 5.89. The SMILES string of the molecule is N#Cc1ccc2c(-c3[c-]cc4c(c3)sc3c(-c5ccccc5)cccc34)nccc2c1.[Ir].[c-]1ccccc1C1CC=CC=N1. The number of benzene rings is 5. The number of fused-ring (bicyclic) bond motifs is 4. The summed E-state index contributed by atoms with van der Waals surface area (Å²) < 4.78 is 2.51. The van der Waals surface area contributed by atoms with E-state index in [4.69, 9.17) is 0 Å². The standard InChI is InChI=1S/C28H15N2S.C11H10N.Ir/c29-17-18-9-11-22-20(15-18)13-14-30-27(22)21-10-12-24-25-8-4-7-23(19-5-2-1-3-6-19)28(25)31-26(24)16-21;1-2-6-10(7-3-1)11-8-4-5-9-12-11;/h1-9,11-16H;1-6,9,11H,8H2;/q2*-1;. The van der Waals surface area contributed by atoms with E-state index in [1.807, 2.05) is 72.2 Å². The molecule has 5 heteroatoms. The number of nitriles is 1. The van der Waals surface area contributed by atoms with E-state index in [1.54, 1.807) is 6.20 Å². The summed E-state index contributed by atoms with van der Waals surface area (Å²) in [6, 6.07) is 46.2. The van der Waals surface area contributed by atoms with E-state index in [9.17, 15) is 5.26 Å². The average Bonchev–Trinajstić information content (AvgIpc) is 3.47. The molecular weight excluding hydrogens is 735 g/mol. The summed E-state index contributed by atoms with van der Waals surface area (Å²) in [6.45, 7) is 0. The Kier molecular flexibility index (Phi) is 8.86. The van der Waals surface area contributed by atoms with E-state index in [2.05, 4.69) is 94.9 Å². The van der Waals surface area contributed by atoms with Crippen LogP contribution in [-0.2, 0) is 20.1 Å². The maximum atomic E-state index is 9.21. The van der Waals surface area contributed by atoms with Crippen LogP contribution in [0.5, 0.6) is 0 Å². The summed E-state index contributed by atoms with van der Waals surface area (Å²) in [7, 11) is 0. The van der Waals surface area contributed by atoms with Gasteiger partial charge in [-0.3, -0.25) is 4.99 Å². The first-order valence-corrected chi connectivity index (χ1v) is 15.0. The molecule has 1 aliphatic heterocycles. The number of nitrogens with zero attached hydrogens (tertiary/aromatic N) is 3. The predicted molar refractivity (Wildman–Crippen MR) is 179 cm³/mol. The maximum Gasteiger partial charge on any atom is 0.0991 e. The van der Waals surface area contributed by atoms with Crippen LogP contribution in [-0.4, -0.2) is 11.2 Å². The van der Waals surface area contributed by atoms with Crippen LogP contribution in [0.2, 0.25) is 0 Å². The summed E-state index contributed by atoms with van der Waals surface area (Å²) in [6.07, 6.45) is 8.78. The molecule has 3 nitrogen and oxygen atoms in total. The molecule has 0 saturated carbocycles. The second-order valence-corrected chi connectivity index (χ2v) is 11.3. The first-order chi connectivity index (χ1) is 21.3. The molecule has 0 spiro atoms. The first-order valence-electron chi connectivity index (χ1n) is 14.1. The quantitative estimate of drug-likeness (QED) is 0.169. The molecule has 1 aliphatic rings. The number of rotatable bonds is 3. The molecule has 1 radical (unpaired) electrons. The van der Waals surface area contributed by atoms with Crippen molar-refractivity contribution in [3.63, 3.8) is 0 Å². The number of thiophene rings is 1.